The zero-order valence-electron chi connectivity index (χ0n) is 8.49. The molecule has 14 heavy (non-hydrogen) atoms. The molecule has 3 nitrogen and oxygen atoms in total. The third-order valence-corrected chi connectivity index (χ3v) is 2.09. The summed E-state index contributed by atoms with van der Waals surface area (Å²) < 4.78 is 0. The van der Waals surface area contributed by atoms with Crippen molar-refractivity contribution in [2.75, 3.05) is 19.0 Å². The predicted molar refractivity (Wildman–Crippen MR) is 58.3 cm³/mol. The van der Waals surface area contributed by atoms with Gasteiger partial charge in [0.05, 0.1) is 6.54 Å². The minimum absolute atomic E-state index is 0.660. The summed E-state index contributed by atoms with van der Waals surface area (Å²) in [6.07, 6.45) is 4.67. The summed E-state index contributed by atoms with van der Waals surface area (Å²) >= 11 is 5.72. The van der Waals surface area contributed by atoms with E-state index in [4.69, 9.17) is 11.6 Å². The minimum atomic E-state index is 0.660. The molecule has 1 aromatic heterocycles. The topological polar surface area (TPSA) is 29.0 Å². The molecule has 0 spiro atoms. The molecule has 78 valence electrons. The quantitative estimate of drug-likeness (QED) is 0.677. The third-order valence-electron chi connectivity index (χ3n) is 1.92. The van der Waals surface area contributed by atoms with Gasteiger partial charge in [-0.15, -0.1) is 11.6 Å². The molecule has 0 aromatic carbocycles. The van der Waals surface area contributed by atoms with Crippen LogP contribution in [0.5, 0.6) is 0 Å². The fraction of sp³-hybridized carbons (Fsp3) is 0.600. The Bertz CT molecular complexity index is 234. The van der Waals surface area contributed by atoms with E-state index in [0.29, 0.717) is 5.88 Å². The van der Waals surface area contributed by atoms with Crippen molar-refractivity contribution in [1.82, 2.24) is 14.9 Å². The second kappa shape index (κ2) is 6.74. The standard InChI is InChI=1S/C10H16ClN3/c1-2-7-14(8-4-11)9-10-12-5-3-6-13-10/h3,5-6H,2,4,7-9H2,1H3. The third kappa shape index (κ3) is 4.03. The SMILES string of the molecule is CCCN(CCCl)Cc1ncccn1. The molecule has 0 N–H and O–H groups in total. The first kappa shape index (κ1) is 11.4. The smallest absolute Gasteiger partial charge is 0.142 e. The minimum Gasteiger partial charge on any atom is -0.295 e. The lowest BCUT2D eigenvalue weighted by molar-refractivity contribution is 0.275. The van der Waals surface area contributed by atoms with Crippen molar-refractivity contribution in [1.29, 1.82) is 0 Å². The summed E-state index contributed by atoms with van der Waals surface area (Å²) in [4.78, 5) is 10.6. The number of halogens is 1. The van der Waals surface area contributed by atoms with Crippen LogP contribution in [0.25, 0.3) is 0 Å². The van der Waals surface area contributed by atoms with Crippen LogP contribution in [0.3, 0.4) is 0 Å². The van der Waals surface area contributed by atoms with Crippen LogP contribution in [-0.4, -0.2) is 33.8 Å². The van der Waals surface area contributed by atoms with Gasteiger partial charge in [-0.1, -0.05) is 6.92 Å². The van der Waals surface area contributed by atoms with Crippen molar-refractivity contribution in [2.45, 2.75) is 19.9 Å². The van der Waals surface area contributed by atoms with Gasteiger partial charge < -0.3 is 0 Å². The molecule has 0 bridgehead atoms. The Kier molecular flexibility index (Phi) is 5.49. The number of rotatable bonds is 6. The molecular formula is C10H16ClN3. The Morgan fingerprint density at radius 3 is 2.57 bits per heavy atom. The molecule has 1 heterocycles. The van der Waals surface area contributed by atoms with Crippen LogP contribution in [0.2, 0.25) is 0 Å². The largest absolute Gasteiger partial charge is 0.295 e. The van der Waals surface area contributed by atoms with Crippen LogP contribution in [0.4, 0.5) is 0 Å². The van der Waals surface area contributed by atoms with Crippen molar-refractivity contribution in [3.8, 4) is 0 Å². The van der Waals surface area contributed by atoms with Crippen molar-refractivity contribution in [2.24, 2.45) is 0 Å². The second-order valence-corrected chi connectivity index (χ2v) is 3.51. The molecule has 0 saturated heterocycles. The first-order chi connectivity index (χ1) is 6.86. The molecule has 0 atom stereocenters. The molecule has 0 aliphatic carbocycles. The predicted octanol–water partition coefficient (Wildman–Crippen LogP) is 1.93. The maximum Gasteiger partial charge on any atom is 0.142 e. The second-order valence-electron chi connectivity index (χ2n) is 3.13. The molecule has 4 heteroatoms. The van der Waals surface area contributed by atoms with E-state index in [1.54, 1.807) is 12.4 Å². The van der Waals surface area contributed by atoms with Crippen molar-refractivity contribution in [3.05, 3.63) is 24.3 Å². The maximum absolute atomic E-state index is 5.72. The first-order valence-electron chi connectivity index (χ1n) is 4.91. The molecule has 0 radical (unpaired) electrons. The van der Waals surface area contributed by atoms with Gasteiger partial charge >= 0.3 is 0 Å². The number of alkyl halides is 1. The molecule has 0 aliphatic rings. The van der Waals surface area contributed by atoms with Gasteiger partial charge in [0, 0.05) is 24.8 Å². The molecule has 0 saturated carbocycles. The fourth-order valence-electron chi connectivity index (χ4n) is 1.32. The van der Waals surface area contributed by atoms with Crippen LogP contribution in [0, 0.1) is 0 Å². The maximum atomic E-state index is 5.72. The van der Waals surface area contributed by atoms with E-state index in [1.807, 2.05) is 6.07 Å². The molecule has 0 aliphatic heterocycles. The van der Waals surface area contributed by atoms with E-state index >= 15 is 0 Å². The molecule has 0 amide bonds. The number of hydrogen-bond donors (Lipinski definition) is 0. The highest BCUT2D eigenvalue weighted by atomic mass is 35.5. The molecule has 1 rings (SSSR count). The van der Waals surface area contributed by atoms with Crippen molar-refractivity contribution < 1.29 is 0 Å². The number of hydrogen-bond acceptors (Lipinski definition) is 3. The lowest BCUT2D eigenvalue weighted by Gasteiger charge is -2.18. The van der Waals surface area contributed by atoms with Crippen LogP contribution < -0.4 is 0 Å². The van der Waals surface area contributed by atoms with Crippen molar-refractivity contribution >= 4 is 11.6 Å². The van der Waals surface area contributed by atoms with Crippen LogP contribution >= 0.6 is 11.6 Å². The van der Waals surface area contributed by atoms with Crippen molar-refractivity contribution in [3.63, 3.8) is 0 Å². The van der Waals surface area contributed by atoms with Crippen LogP contribution in [0.15, 0.2) is 18.5 Å². The number of nitrogens with zero attached hydrogens (tertiary/aromatic N) is 3. The zero-order chi connectivity index (χ0) is 10.2. The van der Waals surface area contributed by atoms with Gasteiger partial charge in [0.25, 0.3) is 0 Å². The Morgan fingerprint density at radius 2 is 2.00 bits per heavy atom. The lowest BCUT2D eigenvalue weighted by atomic mass is 10.4. The summed E-state index contributed by atoms with van der Waals surface area (Å²) in [5.41, 5.74) is 0. The van der Waals surface area contributed by atoms with Gasteiger partial charge in [0.15, 0.2) is 0 Å². The van der Waals surface area contributed by atoms with E-state index in [-0.39, 0.29) is 0 Å². The first-order valence-corrected chi connectivity index (χ1v) is 5.44. The Labute approximate surface area is 90.1 Å². The normalized spacial score (nSPS) is 10.8. The van der Waals surface area contributed by atoms with Gasteiger partial charge in [-0.25, -0.2) is 9.97 Å². The Morgan fingerprint density at radius 1 is 1.29 bits per heavy atom. The average Bonchev–Trinajstić information content (AvgIpc) is 2.20. The Balaban J connectivity index is 2.46. The summed E-state index contributed by atoms with van der Waals surface area (Å²) in [5, 5.41) is 0. The van der Waals surface area contributed by atoms with Gasteiger partial charge in [-0.05, 0) is 19.0 Å². The van der Waals surface area contributed by atoms with E-state index in [1.165, 1.54) is 0 Å². The zero-order valence-corrected chi connectivity index (χ0v) is 9.24. The van der Waals surface area contributed by atoms with E-state index in [0.717, 1.165) is 31.9 Å². The highest BCUT2D eigenvalue weighted by Gasteiger charge is 2.05. The summed E-state index contributed by atoms with van der Waals surface area (Å²) in [6, 6.07) is 1.83. The molecular weight excluding hydrogens is 198 g/mol. The van der Waals surface area contributed by atoms with Crippen LogP contribution in [-0.2, 0) is 6.54 Å². The van der Waals surface area contributed by atoms with Gasteiger partial charge in [0.1, 0.15) is 5.82 Å². The molecule has 1 aromatic rings. The van der Waals surface area contributed by atoms with Crippen LogP contribution in [0.1, 0.15) is 19.2 Å². The summed E-state index contributed by atoms with van der Waals surface area (Å²) in [6.45, 7) is 4.90. The summed E-state index contributed by atoms with van der Waals surface area (Å²) in [7, 11) is 0. The Hall–Kier alpha value is -0.670. The van der Waals surface area contributed by atoms with E-state index < -0.39 is 0 Å². The monoisotopic (exact) mass is 213 g/mol. The highest BCUT2D eigenvalue weighted by Crippen LogP contribution is 1.99. The van der Waals surface area contributed by atoms with Gasteiger partial charge in [-0.2, -0.15) is 0 Å². The molecule has 0 fully saturated rings. The fourth-order valence-corrected chi connectivity index (χ4v) is 1.56. The lowest BCUT2D eigenvalue weighted by Crippen LogP contribution is -2.27. The molecule has 0 unspecified atom stereocenters. The van der Waals surface area contributed by atoms with Gasteiger partial charge in [-0.3, -0.25) is 4.90 Å². The van der Waals surface area contributed by atoms with E-state index in [9.17, 15) is 0 Å². The average molecular weight is 214 g/mol. The van der Waals surface area contributed by atoms with E-state index in [2.05, 4.69) is 21.8 Å². The number of aromatic nitrogens is 2. The highest BCUT2D eigenvalue weighted by molar-refractivity contribution is 6.18. The summed E-state index contributed by atoms with van der Waals surface area (Å²) in [5.74, 6) is 1.53. The van der Waals surface area contributed by atoms with Gasteiger partial charge in [0.2, 0.25) is 0 Å².